The molecule has 8 heteroatoms. The lowest BCUT2D eigenvalue weighted by Crippen LogP contribution is -2.27. The van der Waals surface area contributed by atoms with E-state index in [1.54, 1.807) is 18.2 Å². The second-order valence-corrected chi connectivity index (χ2v) is 8.59. The highest BCUT2D eigenvalue weighted by Crippen LogP contribution is 2.37. The molecule has 32 heavy (non-hydrogen) atoms. The van der Waals surface area contributed by atoms with Crippen LogP contribution in [-0.4, -0.2) is 27.4 Å². The molecule has 1 aromatic heterocycles. The number of fused-ring (bicyclic) bond motifs is 1. The van der Waals surface area contributed by atoms with Gasteiger partial charge in [-0.1, -0.05) is 12.1 Å². The van der Waals surface area contributed by atoms with E-state index in [0.717, 1.165) is 34.4 Å². The van der Waals surface area contributed by atoms with Crippen molar-refractivity contribution in [2.75, 3.05) is 6.79 Å². The van der Waals surface area contributed by atoms with Crippen LogP contribution in [0, 0.1) is 19.7 Å². The van der Waals surface area contributed by atoms with Crippen LogP contribution in [0.1, 0.15) is 22.5 Å². The summed E-state index contributed by atoms with van der Waals surface area (Å²) >= 11 is 0.914. The lowest BCUT2D eigenvalue weighted by atomic mass is 10.2. The van der Waals surface area contributed by atoms with Crippen LogP contribution < -0.4 is 9.47 Å². The zero-order valence-electron chi connectivity index (χ0n) is 17.4. The molecule has 3 heterocycles. The predicted molar refractivity (Wildman–Crippen MR) is 119 cm³/mol. The Bertz CT molecular complexity index is 1280. The molecule has 0 bridgehead atoms. The number of imide groups is 1. The maximum atomic E-state index is 13.1. The van der Waals surface area contributed by atoms with Crippen molar-refractivity contribution >= 4 is 29.0 Å². The minimum atomic E-state index is -0.361. The van der Waals surface area contributed by atoms with Crippen molar-refractivity contribution in [1.29, 1.82) is 0 Å². The van der Waals surface area contributed by atoms with Gasteiger partial charge in [0.2, 0.25) is 6.79 Å². The van der Waals surface area contributed by atoms with E-state index in [9.17, 15) is 14.0 Å². The maximum Gasteiger partial charge on any atom is 0.293 e. The van der Waals surface area contributed by atoms with Gasteiger partial charge in [0.15, 0.2) is 11.5 Å². The van der Waals surface area contributed by atoms with E-state index in [0.29, 0.717) is 22.0 Å². The molecule has 0 radical (unpaired) electrons. The average molecular weight is 450 g/mol. The molecule has 0 unspecified atom stereocenters. The number of nitrogens with zero attached hydrogens (tertiary/aromatic N) is 2. The third-order valence-corrected chi connectivity index (χ3v) is 6.41. The van der Waals surface area contributed by atoms with E-state index in [4.69, 9.17) is 9.47 Å². The van der Waals surface area contributed by atoms with E-state index in [1.165, 1.54) is 17.0 Å². The molecule has 1 fully saturated rings. The molecule has 6 nitrogen and oxygen atoms in total. The van der Waals surface area contributed by atoms with Crippen molar-refractivity contribution in [2.45, 2.75) is 20.4 Å². The summed E-state index contributed by atoms with van der Waals surface area (Å²) in [6, 6.07) is 13.5. The highest BCUT2D eigenvalue weighted by molar-refractivity contribution is 8.18. The van der Waals surface area contributed by atoms with Gasteiger partial charge in [0.1, 0.15) is 5.82 Å². The van der Waals surface area contributed by atoms with Crippen LogP contribution in [0.4, 0.5) is 9.18 Å². The Morgan fingerprint density at radius 2 is 1.78 bits per heavy atom. The fraction of sp³-hybridized carbons (Fsp3) is 0.167. The van der Waals surface area contributed by atoms with Gasteiger partial charge in [-0.15, -0.1) is 0 Å². The molecule has 0 saturated carbocycles. The molecule has 1 saturated heterocycles. The van der Waals surface area contributed by atoms with E-state index >= 15 is 0 Å². The van der Waals surface area contributed by atoms with E-state index in [-0.39, 0.29) is 30.3 Å². The van der Waals surface area contributed by atoms with Crippen LogP contribution in [0.25, 0.3) is 11.8 Å². The number of thioether (sulfide) groups is 1. The molecular formula is C24H19FN2O4S. The summed E-state index contributed by atoms with van der Waals surface area (Å²) in [7, 11) is 0. The second-order valence-electron chi connectivity index (χ2n) is 7.59. The molecular weight excluding hydrogens is 431 g/mol. The summed E-state index contributed by atoms with van der Waals surface area (Å²) in [6.45, 7) is 4.27. The van der Waals surface area contributed by atoms with Gasteiger partial charge in [-0.2, -0.15) is 0 Å². The largest absolute Gasteiger partial charge is 0.454 e. The number of rotatable bonds is 4. The standard InChI is InChI=1S/C24H19FN2O4S/c1-14-9-17(15(2)27(14)19-7-8-20-21(11-19)31-13-30-20)10-22-23(28)26(24(29)32-22)12-16-3-5-18(25)6-4-16/h3-11H,12-13H2,1-2H3/b22-10-. The summed E-state index contributed by atoms with van der Waals surface area (Å²) < 4.78 is 26.1. The second kappa shape index (κ2) is 7.87. The summed E-state index contributed by atoms with van der Waals surface area (Å²) in [5.74, 6) is 0.697. The SMILES string of the molecule is Cc1cc(/C=C2\SC(=O)N(Cc3ccc(F)cc3)C2=O)c(C)n1-c1ccc2c(c1)OCO2. The zero-order valence-corrected chi connectivity index (χ0v) is 18.2. The van der Waals surface area contributed by atoms with Gasteiger partial charge in [-0.05, 0) is 73.1 Å². The summed E-state index contributed by atoms with van der Waals surface area (Å²) in [6.07, 6.45) is 1.75. The first kappa shape index (κ1) is 20.4. The number of aryl methyl sites for hydroxylation is 1. The highest BCUT2D eigenvalue weighted by atomic mass is 32.2. The molecule has 162 valence electrons. The first-order valence-electron chi connectivity index (χ1n) is 9.99. The lowest BCUT2D eigenvalue weighted by molar-refractivity contribution is -0.123. The highest BCUT2D eigenvalue weighted by Gasteiger charge is 2.35. The molecule has 2 aromatic carbocycles. The Hall–Kier alpha value is -3.52. The zero-order chi connectivity index (χ0) is 22.4. The number of halogens is 1. The Morgan fingerprint density at radius 3 is 2.56 bits per heavy atom. The molecule has 2 amide bonds. The lowest BCUT2D eigenvalue weighted by Gasteiger charge is -2.12. The summed E-state index contributed by atoms with van der Waals surface area (Å²) in [5, 5.41) is -0.338. The van der Waals surface area contributed by atoms with Crippen molar-refractivity contribution < 1.29 is 23.5 Å². The molecule has 0 atom stereocenters. The van der Waals surface area contributed by atoms with E-state index < -0.39 is 0 Å². The maximum absolute atomic E-state index is 13.1. The third kappa shape index (κ3) is 3.56. The Kier molecular flexibility index (Phi) is 5.01. The summed E-state index contributed by atoms with van der Waals surface area (Å²) in [4.78, 5) is 26.9. The van der Waals surface area contributed by atoms with Gasteiger partial charge in [0.05, 0.1) is 11.4 Å². The van der Waals surface area contributed by atoms with Crippen LogP contribution in [0.3, 0.4) is 0 Å². The number of ether oxygens (including phenoxy) is 2. The molecule has 2 aliphatic heterocycles. The van der Waals surface area contributed by atoms with Crippen LogP contribution >= 0.6 is 11.8 Å². The van der Waals surface area contributed by atoms with Gasteiger partial charge >= 0.3 is 0 Å². The minimum absolute atomic E-state index is 0.110. The van der Waals surface area contributed by atoms with Gasteiger partial charge in [-0.3, -0.25) is 14.5 Å². The number of carbonyl (C=O) groups excluding carboxylic acids is 2. The number of hydrogen-bond donors (Lipinski definition) is 0. The third-order valence-electron chi connectivity index (χ3n) is 5.50. The Morgan fingerprint density at radius 1 is 1.03 bits per heavy atom. The van der Waals surface area contributed by atoms with Gasteiger partial charge in [0.25, 0.3) is 11.1 Å². The monoisotopic (exact) mass is 450 g/mol. The van der Waals surface area contributed by atoms with Crippen molar-refractivity contribution in [3.63, 3.8) is 0 Å². The fourth-order valence-corrected chi connectivity index (χ4v) is 4.73. The molecule has 0 aliphatic carbocycles. The molecule has 5 rings (SSSR count). The quantitative estimate of drug-likeness (QED) is 0.512. The number of aromatic nitrogens is 1. The van der Waals surface area contributed by atoms with Crippen LogP contribution in [0.2, 0.25) is 0 Å². The number of carbonyl (C=O) groups is 2. The smallest absolute Gasteiger partial charge is 0.293 e. The predicted octanol–water partition coefficient (Wildman–Crippen LogP) is 5.20. The number of benzene rings is 2. The first-order chi connectivity index (χ1) is 15.4. The summed E-state index contributed by atoms with van der Waals surface area (Å²) in [5.41, 5.74) is 4.39. The fourth-order valence-electron chi connectivity index (χ4n) is 3.91. The number of amides is 2. The molecule has 0 spiro atoms. The first-order valence-corrected chi connectivity index (χ1v) is 10.8. The van der Waals surface area contributed by atoms with Crippen LogP contribution in [-0.2, 0) is 11.3 Å². The van der Waals surface area contributed by atoms with Crippen molar-refractivity contribution in [3.8, 4) is 17.2 Å². The van der Waals surface area contributed by atoms with Gasteiger partial charge < -0.3 is 14.0 Å². The molecule has 3 aromatic rings. The van der Waals surface area contributed by atoms with Crippen LogP contribution in [0.15, 0.2) is 53.4 Å². The van der Waals surface area contributed by atoms with Gasteiger partial charge in [0, 0.05) is 23.1 Å². The van der Waals surface area contributed by atoms with Crippen molar-refractivity contribution in [1.82, 2.24) is 9.47 Å². The van der Waals surface area contributed by atoms with Crippen LogP contribution in [0.5, 0.6) is 11.5 Å². The normalized spacial score (nSPS) is 16.5. The van der Waals surface area contributed by atoms with Crippen molar-refractivity contribution in [3.05, 3.63) is 81.8 Å². The average Bonchev–Trinajstić information content (AvgIpc) is 3.42. The molecule has 0 N–H and O–H groups in total. The Balaban J connectivity index is 1.43. The van der Waals surface area contributed by atoms with Gasteiger partial charge in [-0.25, -0.2) is 4.39 Å². The topological polar surface area (TPSA) is 60.8 Å². The van der Waals surface area contributed by atoms with E-state index in [1.807, 2.05) is 38.1 Å². The van der Waals surface area contributed by atoms with Crippen molar-refractivity contribution in [2.24, 2.45) is 0 Å². The molecule has 2 aliphatic rings. The Labute approximate surface area is 188 Å². The number of hydrogen-bond acceptors (Lipinski definition) is 5. The van der Waals surface area contributed by atoms with E-state index in [2.05, 4.69) is 4.57 Å². The minimum Gasteiger partial charge on any atom is -0.454 e.